The van der Waals surface area contributed by atoms with Gasteiger partial charge in [-0.1, -0.05) is 23.9 Å². The van der Waals surface area contributed by atoms with Crippen molar-refractivity contribution in [2.45, 2.75) is 50.1 Å². The molecule has 0 atom stereocenters. The number of nitrogens with zero attached hydrogens (tertiary/aromatic N) is 3. The first kappa shape index (κ1) is 20.5. The third-order valence-corrected chi connectivity index (χ3v) is 8.06. The average molecular weight is 453 g/mol. The van der Waals surface area contributed by atoms with Crippen molar-refractivity contribution in [2.75, 3.05) is 17.2 Å². The molecule has 2 aliphatic rings. The van der Waals surface area contributed by atoms with Crippen molar-refractivity contribution < 1.29 is 9.59 Å². The molecule has 31 heavy (non-hydrogen) atoms. The number of hydrogen-bond donors (Lipinski definition) is 1. The number of rotatable bonds is 6. The zero-order valence-corrected chi connectivity index (χ0v) is 18.9. The number of benzene rings is 1. The minimum atomic E-state index is -0.0142. The van der Waals surface area contributed by atoms with Gasteiger partial charge in [0.2, 0.25) is 11.8 Å². The Balaban J connectivity index is 1.18. The molecule has 1 fully saturated rings. The first-order valence-corrected chi connectivity index (χ1v) is 12.5. The number of fused-ring (bicyclic) bond motifs is 3. The van der Waals surface area contributed by atoms with Gasteiger partial charge in [0.1, 0.15) is 16.2 Å². The average Bonchev–Trinajstić information content (AvgIpc) is 3.40. The first-order chi connectivity index (χ1) is 15.2. The first-order valence-electron chi connectivity index (χ1n) is 10.7. The van der Waals surface area contributed by atoms with E-state index in [0.717, 1.165) is 52.3 Å². The van der Waals surface area contributed by atoms with Crippen molar-refractivity contribution in [3.8, 4) is 0 Å². The highest BCUT2D eigenvalue weighted by Gasteiger charge is 2.22. The molecule has 2 aromatic heterocycles. The highest BCUT2D eigenvalue weighted by molar-refractivity contribution is 8.00. The molecule has 0 bridgehead atoms. The standard InChI is InChI=1S/C23H24N4O2S2/c28-19(24-12-15-7-9-16(10-8-15)27-11-3-6-20(27)29)13-30-22-21-17-4-1-2-5-18(17)31-23(21)26-14-25-22/h7-10,14H,1-6,11-13H2,(H,24,28). The van der Waals surface area contributed by atoms with Gasteiger partial charge in [0.25, 0.3) is 0 Å². The summed E-state index contributed by atoms with van der Waals surface area (Å²) in [6, 6.07) is 7.85. The SMILES string of the molecule is O=C(CSc1ncnc2sc3c(c12)CCCC3)NCc1ccc(N2CCCC2=O)cc1. The number of aromatic nitrogens is 2. The lowest BCUT2D eigenvalue weighted by atomic mass is 9.97. The normalized spacial score (nSPS) is 16.0. The van der Waals surface area contributed by atoms with Crippen LogP contribution in [0.4, 0.5) is 5.69 Å². The monoisotopic (exact) mass is 452 g/mol. The fourth-order valence-electron chi connectivity index (χ4n) is 4.27. The Bertz CT molecular complexity index is 1130. The number of anilines is 1. The zero-order chi connectivity index (χ0) is 21.2. The van der Waals surface area contributed by atoms with Crippen LogP contribution in [0, 0.1) is 0 Å². The molecule has 0 radical (unpaired) electrons. The number of amides is 2. The highest BCUT2D eigenvalue weighted by Crippen LogP contribution is 2.39. The van der Waals surface area contributed by atoms with Crippen molar-refractivity contribution in [2.24, 2.45) is 0 Å². The van der Waals surface area contributed by atoms with E-state index in [1.807, 2.05) is 29.2 Å². The van der Waals surface area contributed by atoms with E-state index in [2.05, 4.69) is 15.3 Å². The van der Waals surface area contributed by atoms with Gasteiger partial charge in [0.05, 0.1) is 5.75 Å². The predicted octanol–water partition coefficient (Wildman–Crippen LogP) is 4.11. The number of thioether (sulfide) groups is 1. The van der Waals surface area contributed by atoms with Crippen LogP contribution in [0.25, 0.3) is 10.2 Å². The second-order valence-corrected chi connectivity index (χ2v) is 10.00. The number of hydrogen-bond acceptors (Lipinski definition) is 6. The van der Waals surface area contributed by atoms with Crippen LogP contribution in [0.5, 0.6) is 0 Å². The van der Waals surface area contributed by atoms with E-state index in [9.17, 15) is 9.59 Å². The molecule has 160 valence electrons. The number of nitrogens with one attached hydrogen (secondary N) is 1. The molecule has 5 rings (SSSR count). The van der Waals surface area contributed by atoms with E-state index < -0.39 is 0 Å². The van der Waals surface area contributed by atoms with E-state index in [-0.39, 0.29) is 11.8 Å². The van der Waals surface area contributed by atoms with Crippen LogP contribution < -0.4 is 10.2 Å². The van der Waals surface area contributed by atoms with Gasteiger partial charge in [-0.05, 0) is 55.4 Å². The number of thiophene rings is 1. The smallest absolute Gasteiger partial charge is 0.230 e. The summed E-state index contributed by atoms with van der Waals surface area (Å²) in [6.07, 6.45) is 7.82. The minimum Gasteiger partial charge on any atom is -0.351 e. The zero-order valence-electron chi connectivity index (χ0n) is 17.2. The Morgan fingerprint density at radius 3 is 2.74 bits per heavy atom. The van der Waals surface area contributed by atoms with Gasteiger partial charge >= 0.3 is 0 Å². The molecular weight excluding hydrogens is 428 g/mol. The van der Waals surface area contributed by atoms with Crippen molar-refractivity contribution in [3.05, 3.63) is 46.6 Å². The summed E-state index contributed by atoms with van der Waals surface area (Å²) in [4.78, 5) is 37.6. The van der Waals surface area contributed by atoms with Gasteiger partial charge in [0, 0.05) is 35.5 Å². The number of aryl methyl sites for hydroxylation is 2. The summed E-state index contributed by atoms with van der Waals surface area (Å²) < 4.78 is 0. The van der Waals surface area contributed by atoms with E-state index >= 15 is 0 Å². The molecule has 0 spiro atoms. The lowest BCUT2D eigenvalue weighted by Gasteiger charge is -2.16. The van der Waals surface area contributed by atoms with Crippen molar-refractivity contribution >= 4 is 50.8 Å². The molecule has 1 aliphatic heterocycles. The van der Waals surface area contributed by atoms with Crippen molar-refractivity contribution in [1.82, 2.24) is 15.3 Å². The van der Waals surface area contributed by atoms with Gasteiger partial charge in [0.15, 0.2) is 0 Å². The van der Waals surface area contributed by atoms with Crippen LogP contribution in [0.15, 0.2) is 35.6 Å². The summed E-state index contributed by atoms with van der Waals surface area (Å²) in [7, 11) is 0. The van der Waals surface area contributed by atoms with Crippen LogP contribution >= 0.6 is 23.1 Å². The van der Waals surface area contributed by atoms with Gasteiger partial charge in [-0.15, -0.1) is 11.3 Å². The Morgan fingerprint density at radius 2 is 1.94 bits per heavy atom. The molecule has 3 aromatic rings. The van der Waals surface area contributed by atoms with Crippen molar-refractivity contribution in [3.63, 3.8) is 0 Å². The fraction of sp³-hybridized carbons (Fsp3) is 0.391. The van der Waals surface area contributed by atoms with Crippen LogP contribution in [-0.4, -0.2) is 34.1 Å². The Morgan fingerprint density at radius 1 is 1.10 bits per heavy atom. The van der Waals surface area contributed by atoms with Gasteiger partial charge < -0.3 is 10.2 Å². The maximum absolute atomic E-state index is 12.4. The fourth-order valence-corrected chi connectivity index (χ4v) is 6.42. The second-order valence-electron chi connectivity index (χ2n) is 7.95. The molecule has 8 heteroatoms. The van der Waals surface area contributed by atoms with E-state index in [4.69, 9.17) is 0 Å². The molecule has 1 saturated heterocycles. The van der Waals surface area contributed by atoms with Gasteiger partial charge in [-0.2, -0.15) is 0 Å². The number of carbonyl (C=O) groups is 2. The van der Waals surface area contributed by atoms with Crippen LogP contribution in [0.3, 0.4) is 0 Å². The van der Waals surface area contributed by atoms with E-state index in [0.29, 0.717) is 18.7 Å². The third-order valence-electron chi connectivity index (χ3n) is 5.87. The largest absolute Gasteiger partial charge is 0.351 e. The summed E-state index contributed by atoms with van der Waals surface area (Å²) >= 11 is 3.27. The predicted molar refractivity (Wildman–Crippen MR) is 125 cm³/mol. The topological polar surface area (TPSA) is 75.2 Å². The molecule has 1 N–H and O–H groups in total. The van der Waals surface area contributed by atoms with E-state index in [1.54, 1.807) is 17.7 Å². The molecule has 1 aromatic carbocycles. The van der Waals surface area contributed by atoms with Crippen LogP contribution in [0.2, 0.25) is 0 Å². The number of carbonyl (C=O) groups excluding carboxylic acids is 2. The Labute approximate surface area is 189 Å². The van der Waals surface area contributed by atoms with Gasteiger partial charge in [-0.3, -0.25) is 9.59 Å². The summed E-state index contributed by atoms with van der Waals surface area (Å²) in [5, 5.41) is 5.07. The summed E-state index contributed by atoms with van der Waals surface area (Å²) in [6.45, 7) is 1.26. The quantitative estimate of drug-likeness (QED) is 0.450. The van der Waals surface area contributed by atoms with Crippen molar-refractivity contribution in [1.29, 1.82) is 0 Å². The summed E-state index contributed by atoms with van der Waals surface area (Å²) in [5.74, 6) is 0.500. The lowest BCUT2D eigenvalue weighted by Crippen LogP contribution is -2.25. The molecule has 0 saturated carbocycles. The van der Waals surface area contributed by atoms with Gasteiger partial charge in [-0.25, -0.2) is 9.97 Å². The second kappa shape index (κ2) is 8.96. The highest BCUT2D eigenvalue weighted by atomic mass is 32.2. The maximum Gasteiger partial charge on any atom is 0.230 e. The minimum absolute atomic E-state index is 0.0142. The maximum atomic E-state index is 12.4. The summed E-state index contributed by atoms with van der Waals surface area (Å²) in [5.41, 5.74) is 3.34. The van der Waals surface area contributed by atoms with Crippen LogP contribution in [0.1, 0.15) is 41.7 Å². The molecule has 1 aliphatic carbocycles. The molecule has 3 heterocycles. The third kappa shape index (κ3) is 4.32. The Kier molecular flexibility index (Phi) is 5.91. The van der Waals surface area contributed by atoms with Crippen LogP contribution in [-0.2, 0) is 29.0 Å². The van der Waals surface area contributed by atoms with E-state index in [1.165, 1.54) is 35.0 Å². The molecule has 6 nitrogen and oxygen atoms in total. The molecule has 0 unspecified atom stereocenters. The molecule has 2 amide bonds. The molecular formula is C23H24N4O2S2. The lowest BCUT2D eigenvalue weighted by molar-refractivity contribution is -0.119. The Hall–Kier alpha value is -2.45.